The molecule has 1 saturated heterocycles. The number of benzene rings is 2. The Morgan fingerprint density at radius 1 is 1.16 bits per heavy atom. The van der Waals surface area contributed by atoms with Crippen LogP contribution in [0.1, 0.15) is 37.0 Å². The molecule has 9 heteroatoms. The third-order valence-electron chi connectivity index (χ3n) is 4.80. The van der Waals surface area contributed by atoms with Gasteiger partial charge in [0.1, 0.15) is 11.9 Å². The van der Waals surface area contributed by atoms with Crippen molar-refractivity contribution in [1.29, 1.82) is 0 Å². The van der Waals surface area contributed by atoms with E-state index in [1.54, 1.807) is 35.2 Å². The summed E-state index contributed by atoms with van der Waals surface area (Å²) in [6.45, 7) is 4.56. The summed E-state index contributed by atoms with van der Waals surface area (Å²) in [7, 11) is -3.82. The number of carbonyl (C=O) groups is 2. The van der Waals surface area contributed by atoms with Crippen LogP contribution in [0.3, 0.4) is 0 Å². The van der Waals surface area contributed by atoms with Crippen molar-refractivity contribution >= 4 is 27.6 Å². The van der Waals surface area contributed by atoms with Gasteiger partial charge in [-0.1, -0.05) is 6.07 Å². The topological polar surface area (TPSA) is 102 Å². The second kappa shape index (κ2) is 9.82. The Hall–Kier alpha value is -3.07. The first-order valence-electron chi connectivity index (χ1n) is 10.1. The average Bonchev–Trinajstić information content (AvgIpc) is 2.73. The molecule has 0 radical (unpaired) electrons. The number of rotatable bonds is 7. The van der Waals surface area contributed by atoms with E-state index in [1.165, 1.54) is 25.1 Å². The number of carbonyl (C=O) groups excluding carboxylic acids is 2. The minimum atomic E-state index is -3.82. The van der Waals surface area contributed by atoms with Gasteiger partial charge in [-0.05, 0) is 62.2 Å². The summed E-state index contributed by atoms with van der Waals surface area (Å²) in [6, 6.07) is 12.5. The summed E-state index contributed by atoms with van der Waals surface area (Å²) in [4.78, 5) is 25.8. The Morgan fingerprint density at radius 2 is 1.90 bits per heavy atom. The van der Waals surface area contributed by atoms with Gasteiger partial charge in [0.15, 0.2) is 0 Å². The van der Waals surface area contributed by atoms with E-state index in [0.717, 1.165) is 6.42 Å². The van der Waals surface area contributed by atoms with Gasteiger partial charge >= 0.3 is 5.97 Å². The lowest BCUT2D eigenvalue weighted by Gasteiger charge is -2.32. The molecule has 0 unspecified atom stereocenters. The van der Waals surface area contributed by atoms with Crippen LogP contribution < -0.4 is 9.46 Å². The molecule has 2 aromatic rings. The maximum absolute atomic E-state index is 12.9. The molecule has 0 bridgehead atoms. The number of amides is 1. The fourth-order valence-corrected chi connectivity index (χ4v) is 4.50. The van der Waals surface area contributed by atoms with Crippen molar-refractivity contribution in [3.8, 4) is 5.75 Å². The van der Waals surface area contributed by atoms with Crippen LogP contribution in [-0.4, -0.2) is 51.0 Å². The van der Waals surface area contributed by atoms with Crippen LogP contribution in [0.15, 0.2) is 53.4 Å². The summed E-state index contributed by atoms with van der Waals surface area (Å²) < 4.78 is 38.5. The zero-order valence-electron chi connectivity index (χ0n) is 17.5. The number of sulfonamides is 1. The van der Waals surface area contributed by atoms with E-state index in [9.17, 15) is 18.0 Å². The third-order valence-corrected chi connectivity index (χ3v) is 6.20. The van der Waals surface area contributed by atoms with Crippen molar-refractivity contribution in [3.63, 3.8) is 0 Å². The molecule has 1 aliphatic heterocycles. The van der Waals surface area contributed by atoms with E-state index in [4.69, 9.17) is 9.47 Å². The number of ether oxygens (including phenoxy) is 2. The summed E-state index contributed by atoms with van der Waals surface area (Å²) in [5, 5.41) is 0. The van der Waals surface area contributed by atoms with Gasteiger partial charge < -0.3 is 14.4 Å². The zero-order valence-corrected chi connectivity index (χ0v) is 18.4. The molecule has 1 aliphatic rings. The molecule has 0 aromatic heterocycles. The first kappa shape index (κ1) is 22.6. The zero-order chi connectivity index (χ0) is 22.4. The minimum absolute atomic E-state index is 0.0907. The van der Waals surface area contributed by atoms with Gasteiger partial charge in [0.2, 0.25) is 0 Å². The predicted molar refractivity (Wildman–Crippen MR) is 116 cm³/mol. The summed E-state index contributed by atoms with van der Waals surface area (Å²) in [6.07, 6.45) is 1.12. The number of nitrogens with one attached hydrogen (secondary N) is 1. The highest BCUT2D eigenvalue weighted by Crippen LogP contribution is 2.22. The van der Waals surface area contributed by atoms with E-state index < -0.39 is 10.0 Å². The Labute approximate surface area is 182 Å². The van der Waals surface area contributed by atoms with Crippen molar-refractivity contribution in [3.05, 3.63) is 54.1 Å². The van der Waals surface area contributed by atoms with E-state index in [0.29, 0.717) is 37.4 Å². The quantitative estimate of drug-likeness (QED) is 0.656. The lowest BCUT2D eigenvalue weighted by atomic mass is 10.1. The van der Waals surface area contributed by atoms with Crippen molar-refractivity contribution in [2.24, 2.45) is 0 Å². The first-order valence-corrected chi connectivity index (χ1v) is 11.6. The number of likely N-dealkylation sites (tertiary alicyclic amines) is 1. The standard InChI is InChI=1S/C22H26N2O6S/c1-3-29-19-9-11-21(12-10-19)31(27,28)23-18-7-4-6-17(14-18)22(26)24-13-5-8-20(15-24)30-16(2)25/h4,6-7,9-12,14,20,23H,3,5,8,13,15H2,1-2H3/t20-/m1/s1. The number of nitrogens with zero attached hydrogens (tertiary/aromatic N) is 1. The highest BCUT2D eigenvalue weighted by molar-refractivity contribution is 7.92. The average molecular weight is 447 g/mol. The van der Waals surface area contributed by atoms with Gasteiger partial charge in [-0.15, -0.1) is 0 Å². The molecule has 1 amide bonds. The number of anilines is 1. The fourth-order valence-electron chi connectivity index (χ4n) is 3.45. The molecule has 0 spiro atoms. The van der Waals surface area contributed by atoms with E-state index in [1.807, 2.05) is 6.92 Å². The lowest BCUT2D eigenvalue weighted by molar-refractivity contribution is -0.148. The van der Waals surface area contributed by atoms with Crippen molar-refractivity contribution in [2.45, 2.75) is 37.7 Å². The number of hydrogen-bond donors (Lipinski definition) is 1. The van der Waals surface area contributed by atoms with Crippen LogP contribution in [0.2, 0.25) is 0 Å². The van der Waals surface area contributed by atoms with Gasteiger partial charge in [0.25, 0.3) is 15.9 Å². The second-order valence-corrected chi connectivity index (χ2v) is 8.90. The van der Waals surface area contributed by atoms with Crippen molar-refractivity contribution in [2.75, 3.05) is 24.4 Å². The van der Waals surface area contributed by atoms with Crippen LogP contribution in [0.4, 0.5) is 5.69 Å². The van der Waals surface area contributed by atoms with Gasteiger partial charge in [0.05, 0.1) is 18.0 Å². The Morgan fingerprint density at radius 3 is 2.58 bits per heavy atom. The summed E-state index contributed by atoms with van der Waals surface area (Å²) in [5.74, 6) is -0.0217. The second-order valence-electron chi connectivity index (χ2n) is 7.22. The lowest BCUT2D eigenvalue weighted by Crippen LogP contribution is -2.43. The number of esters is 1. The van der Waals surface area contributed by atoms with Gasteiger partial charge in [-0.2, -0.15) is 0 Å². The molecule has 31 heavy (non-hydrogen) atoms. The molecule has 1 fully saturated rings. The Kier molecular flexibility index (Phi) is 7.17. The monoisotopic (exact) mass is 446 g/mol. The molecule has 1 atom stereocenters. The molecule has 3 rings (SSSR count). The predicted octanol–water partition coefficient (Wildman–Crippen LogP) is 3.05. The first-order chi connectivity index (χ1) is 14.8. The summed E-state index contributed by atoms with van der Waals surface area (Å²) >= 11 is 0. The van der Waals surface area contributed by atoms with Crippen LogP contribution in [0.25, 0.3) is 0 Å². The van der Waals surface area contributed by atoms with Gasteiger partial charge in [0, 0.05) is 24.7 Å². The molecular weight excluding hydrogens is 420 g/mol. The van der Waals surface area contributed by atoms with Crippen LogP contribution in [-0.2, 0) is 19.6 Å². The molecular formula is C22H26N2O6S. The van der Waals surface area contributed by atoms with Gasteiger partial charge in [-0.3, -0.25) is 14.3 Å². The van der Waals surface area contributed by atoms with E-state index in [2.05, 4.69) is 4.72 Å². The SMILES string of the molecule is CCOc1ccc(S(=O)(=O)Nc2cccc(C(=O)N3CCC[C@@H](OC(C)=O)C3)c2)cc1. The van der Waals surface area contributed by atoms with Crippen LogP contribution in [0.5, 0.6) is 5.75 Å². The molecule has 8 nitrogen and oxygen atoms in total. The number of piperidine rings is 1. The highest BCUT2D eigenvalue weighted by Gasteiger charge is 2.26. The molecule has 1 N–H and O–H groups in total. The van der Waals surface area contributed by atoms with Crippen molar-refractivity contribution < 1.29 is 27.5 Å². The van der Waals surface area contributed by atoms with E-state index >= 15 is 0 Å². The van der Waals surface area contributed by atoms with Crippen LogP contribution >= 0.6 is 0 Å². The van der Waals surface area contributed by atoms with E-state index in [-0.39, 0.29) is 28.6 Å². The fraction of sp³-hybridized carbons (Fsp3) is 0.364. The maximum Gasteiger partial charge on any atom is 0.302 e. The maximum atomic E-state index is 12.9. The molecule has 0 aliphatic carbocycles. The molecule has 2 aromatic carbocycles. The Bertz CT molecular complexity index is 1040. The van der Waals surface area contributed by atoms with Gasteiger partial charge in [-0.25, -0.2) is 8.42 Å². The van der Waals surface area contributed by atoms with Crippen LogP contribution in [0, 0.1) is 0 Å². The summed E-state index contributed by atoms with van der Waals surface area (Å²) in [5.41, 5.74) is 0.642. The molecule has 1 heterocycles. The minimum Gasteiger partial charge on any atom is -0.494 e. The third kappa shape index (κ3) is 5.97. The molecule has 0 saturated carbocycles. The Balaban J connectivity index is 1.72. The van der Waals surface area contributed by atoms with Crippen molar-refractivity contribution in [1.82, 2.24) is 4.90 Å². The highest BCUT2D eigenvalue weighted by atomic mass is 32.2. The molecule has 166 valence electrons. The largest absolute Gasteiger partial charge is 0.494 e. The normalized spacial score (nSPS) is 16.5. The smallest absolute Gasteiger partial charge is 0.302 e. The number of hydrogen-bond acceptors (Lipinski definition) is 6.